The number of carbonyl (C=O) groups is 3. The van der Waals surface area contributed by atoms with Crippen molar-refractivity contribution in [3.8, 4) is 0 Å². The summed E-state index contributed by atoms with van der Waals surface area (Å²) in [6.45, 7) is 1.55. The molecule has 0 aliphatic carbocycles. The molecule has 0 radical (unpaired) electrons. The number of hydrazine groups is 1. The van der Waals surface area contributed by atoms with E-state index < -0.39 is 29.7 Å². The SMILES string of the molecule is CC(=O)N(NCc1cccc(F)c1Cl)[C@@H](CCC(=O)NCCN)COC(=O)Nc1cc2cc(F)ccc2cn1. The van der Waals surface area contributed by atoms with Crippen LogP contribution in [0.4, 0.5) is 19.4 Å². The molecule has 3 aromatic rings. The number of halogens is 3. The highest BCUT2D eigenvalue weighted by Gasteiger charge is 2.24. The van der Waals surface area contributed by atoms with Gasteiger partial charge in [-0.05, 0) is 47.7 Å². The lowest BCUT2D eigenvalue weighted by Crippen LogP contribution is -2.51. The monoisotopic (exact) mass is 562 g/mol. The highest BCUT2D eigenvalue weighted by atomic mass is 35.5. The summed E-state index contributed by atoms with van der Waals surface area (Å²) in [4.78, 5) is 41.3. The predicted molar refractivity (Wildman–Crippen MR) is 143 cm³/mol. The van der Waals surface area contributed by atoms with Gasteiger partial charge in [0.05, 0.1) is 11.1 Å². The molecular weight excluding hydrogens is 534 g/mol. The Morgan fingerprint density at radius 3 is 2.69 bits per heavy atom. The fourth-order valence-corrected chi connectivity index (χ4v) is 3.92. The second-order valence-corrected chi connectivity index (χ2v) is 8.93. The van der Waals surface area contributed by atoms with Crippen LogP contribution in [-0.4, -0.2) is 53.6 Å². The zero-order valence-electron chi connectivity index (χ0n) is 21.2. The molecule has 39 heavy (non-hydrogen) atoms. The average Bonchev–Trinajstić information content (AvgIpc) is 2.90. The van der Waals surface area contributed by atoms with Gasteiger partial charge >= 0.3 is 6.09 Å². The van der Waals surface area contributed by atoms with Crippen molar-refractivity contribution in [3.63, 3.8) is 0 Å². The molecule has 0 aliphatic heterocycles. The van der Waals surface area contributed by atoms with Gasteiger partial charge in [-0.1, -0.05) is 23.7 Å². The first-order valence-corrected chi connectivity index (χ1v) is 12.5. The number of aromatic nitrogens is 1. The van der Waals surface area contributed by atoms with Crippen LogP contribution in [0.5, 0.6) is 0 Å². The third kappa shape index (κ3) is 8.84. The molecule has 1 aromatic heterocycles. The van der Waals surface area contributed by atoms with E-state index in [9.17, 15) is 23.2 Å². The van der Waals surface area contributed by atoms with Gasteiger partial charge in [0.2, 0.25) is 11.8 Å². The zero-order valence-corrected chi connectivity index (χ0v) is 21.9. The molecule has 0 unspecified atom stereocenters. The number of benzene rings is 2. The molecule has 1 atom stereocenters. The molecule has 2 aromatic carbocycles. The summed E-state index contributed by atoms with van der Waals surface area (Å²) in [6, 6.07) is 9.18. The predicted octanol–water partition coefficient (Wildman–Crippen LogP) is 3.49. The summed E-state index contributed by atoms with van der Waals surface area (Å²) in [7, 11) is 0. The van der Waals surface area contributed by atoms with E-state index in [1.807, 2.05) is 0 Å². The van der Waals surface area contributed by atoms with E-state index in [0.29, 0.717) is 16.3 Å². The molecule has 0 bridgehead atoms. The standard InChI is InChI=1S/C26H29ClF2N6O4/c1-16(36)35(33-14-18-3-2-4-22(29)25(18)27)21(7-8-24(37)31-10-9-30)15-39-26(38)34-23-12-19-11-20(28)6-5-17(19)13-32-23/h2-6,11-13,21,33H,7-10,14-15,30H2,1H3,(H,31,37)(H,32,34,38)/t21-/m0/s1. The van der Waals surface area contributed by atoms with Gasteiger partial charge in [0.15, 0.2) is 0 Å². The Kier molecular flexibility index (Phi) is 10.9. The largest absolute Gasteiger partial charge is 0.447 e. The molecular formula is C26H29ClF2N6O4. The van der Waals surface area contributed by atoms with Gasteiger partial charge in [0, 0.05) is 44.6 Å². The number of anilines is 1. The van der Waals surface area contributed by atoms with Gasteiger partial charge < -0.3 is 15.8 Å². The Bertz CT molecular complexity index is 1330. The molecule has 3 amide bonds. The number of fused-ring (bicyclic) bond motifs is 1. The van der Waals surface area contributed by atoms with E-state index in [0.717, 1.165) is 0 Å². The van der Waals surface area contributed by atoms with Crippen LogP contribution < -0.4 is 21.8 Å². The van der Waals surface area contributed by atoms with Crippen LogP contribution in [0.15, 0.2) is 48.7 Å². The summed E-state index contributed by atoms with van der Waals surface area (Å²) < 4.78 is 32.8. The van der Waals surface area contributed by atoms with Gasteiger partial charge in [-0.3, -0.25) is 19.9 Å². The number of nitrogens with one attached hydrogen (secondary N) is 3. The minimum absolute atomic E-state index is 0.00416. The molecule has 0 saturated heterocycles. The lowest BCUT2D eigenvalue weighted by Gasteiger charge is -2.31. The third-order valence-corrected chi connectivity index (χ3v) is 6.09. The number of hydrogen-bond donors (Lipinski definition) is 4. The number of hydrogen-bond acceptors (Lipinski definition) is 7. The van der Waals surface area contributed by atoms with Crippen molar-refractivity contribution < 1.29 is 27.9 Å². The fraction of sp³-hybridized carbons (Fsp3) is 0.308. The van der Waals surface area contributed by atoms with Crippen LogP contribution in [-0.2, 0) is 20.9 Å². The normalized spacial score (nSPS) is 11.6. The first-order valence-electron chi connectivity index (χ1n) is 12.1. The smallest absolute Gasteiger partial charge is 0.412 e. The number of ether oxygens (including phenoxy) is 1. The highest BCUT2D eigenvalue weighted by molar-refractivity contribution is 6.31. The summed E-state index contributed by atoms with van der Waals surface area (Å²) in [5.41, 5.74) is 8.71. The number of nitrogens with zero attached hydrogens (tertiary/aromatic N) is 2. The molecule has 1 heterocycles. The van der Waals surface area contributed by atoms with Crippen LogP contribution >= 0.6 is 11.6 Å². The number of carbonyl (C=O) groups excluding carboxylic acids is 3. The van der Waals surface area contributed by atoms with Crippen molar-refractivity contribution in [1.29, 1.82) is 0 Å². The molecule has 3 rings (SSSR count). The summed E-state index contributed by atoms with van der Waals surface area (Å²) in [5.74, 6) is -1.63. The van der Waals surface area contributed by atoms with E-state index in [4.69, 9.17) is 22.1 Å². The molecule has 208 valence electrons. The quantitative estimate of drug-likeness (QED) is 0.248. The average molecular weight is 563 g/mol. The molecule has 10 nitrogen and oxygen atoms in total. The second-order valence-electron chi connectivity index (χ2n) is 8.55. The van der Waals surface area contributed by atoms with Crippen LogP contribution in [0.3, 0.4) is 0 Å². The Morgan fingerprint density at radius 1 is 1.15 bits per heavy atom. The van der Waals surface area contributed by atoms with Gasteiger partial charge in [0.1, 0.15) is 24.1 Å². The maximum absolute atomic E-state index is 13.8. The number of amides is 3. The van der Waals surface area contributed by atoms with Crippen LogP contribution in [0.25, 0.3) is 10.8 Å². The van der Waals surface area contributed by atoms with Gasteiger partial charge in [-0.2, -0.15) is 0 Å². The van der Waals surface area contributed by atoms with Gasteiger partial charge in [-0.15, -0.1) is 0 Å². The van der Waals surface area contributed by atoms with Crippen molar-refractivity contribution in [3.05, 3.63) is 70.9 Å². The first kappa shape index (κ1) is 29.7. The maximum atomic E-state index is 13.8. The Labute approximate surface area is 228 Å². The van der Waals surface area contributed by atoms with Gasteiger partial charge in [-0.25, -0.2) is 24.0 Å². The van der Waals surface area contributed by atoms with Crippen molar-refractivity contribution in [2.75, 3.05) is 25.0 Å². The fourth-order valence-electron chi connectivity index (χ4n) is 3.73. The van der Waals surface area contributed by atoms with E-state index in [2.05, 4.69) is 21.0 Å². The Balaban J connectivity index is 1.69. The molecule has 0 fully saturated rings. The van der Waals surface area contributed by atoms with E-state index >= 15 is 0 Å². The van der Waals surface area contributed by atoms with Crippen molar-refractivity contribution in [1.82, 2.24) is 20.7 Å². The Morgan fingerprint density at radius 2 is 1.95 bits per heavy atom. The van der Waals surface area contributed by atoms with Gasteiger partial charge in [0.25, 0.3) is 0 Å². The summed E-state index contributed by atoms with van der Waals surface area (Å²) >= 11 is 6.03. The number of pyridine rings is 1. The molecule has 0 aliphatic rings. The highest BCUT2D eigenvalue weighted by Crippen LogP contribution is 2.20. The first-order chi connectivity index (χ1) is 18.7. The Hall–Kier alpha value is -3.87. The maximum Gasteiger partial charge on any atom is 0.412 e. The molecule has 13 heteroatoms. The number of rotatable bonds is 12. The number of nitrogens with two attached hydrogens (primary N) is 1. The van der Waals surface area contributed by atoms with Crippen LogP contribution in [0, 0.1) is 11.6 Å². The molecule has 5 N–H and O–H groups in total. The summed E-state index contributed by atoms with van der Waals surface area (Å²) in [6.07, 6.45) is 0.749. The van der Waals surface area contributed by atoms with E-state index in [1.54, 1.807) is 12.1 Å². The minimum atomic E-state index is -0.868. The second kappa shape index (κ2) is 14.3. The zero-order chi connectivity index (χ0) is 28.4. The summed E-state index contributed by atoms with van der Waals surface area (Å²) in [5, 5.41) is 7.45. The lowest BCUT2D eigenvalue weighted by atomic mass is 10.1. The van der Waals surface area contributed by atoms with Crippen molar-refractivity contribution in [2.45, 2.75) is 32.4 Å². The van der Waals surface area contributed by atoms with E-state index in [1.165, 1.54) is 48.5 Å². The topological polar surface area (TPSA) is 139 Å². The van der Waals surface area contributed by atoms with Crippen LogP contribution in [0.2, 0.25) is 5.02 Å². The van der Waals surface area contributed by atoms with E-state index in [-0.39, 0.29) is 55.8 Å². The molecule has 0 spiro atoms. The van der Waals surface area contributed by atoms with Crippen LogP contribution in [0.1, 0.15) is 25.3 Å². The molecule has 0 saturated carbocycles. The lowest BCUT2D eigenvalue weighted by molar-refractivity contribution is -0.137. The minimum Gasteiger partial charge on any atom is -0.447 e. The van der Waals surface area contributed by atoms with Crippen molar-refractivity contribution in [2.24, 2.45) is 5.73 Å². The van der Waals surface area contributed by atoms with Crippen molar-refractivity contribution >= 4 is 46.1 Å². The third-order valence-electron chi connectivity index (χ3n) is 5.67.